The van der Waals surface area contributed by atoms with Crippen LogP contribution in [0.2, 0.25) is 0 Å². The normalized spacial score (nSPS) is 14.1. The topological polar surface area (TPSA) is 20.2 Å². The SMILES string of the molecule is CCCCCCCCCCC(O)[Si](Cl)(Cl)Cl. The zero-order valence-electron chi connectivity index (χ0n) is 10.0. The van der Waals surface area contributed by atoms with Crippen molar-refractivity contribution in [3.05, 3.63) is 0 Å². The summed E-state index contributed by atoms with van der Waals surface area (Å²) in [6.07, 6.45) is 10.6. The van der Waals surface area contributed by atoms with Crippen LogP contribution in [0.3, 0.4) is 0 Å². The van der Waals surface area contributed by atoms with Gasteiger partial charge in [-0.1, -0.05) is 58.3 Å². The number of hydrogen-bond donors (Lipinski definition) is 1. The van der Waals surface area contributed by atoms with Crippen molar-refractivity contribution in [2.24, 2.45) is 0 Å². The van der Waals surface area contributed by atoms with Gasteiger partial charge in [0.25, 0.3) is 0 Å². The molecule has 0 saturated heterocycles. The maximum atomic E-state index is 9.52. The molecule has 0 bridgehead atoms. The van der Waals surface area contributed by atoms with E-state index in [4.69, 9.17) is 33.2 Å². The highest BCUT2D eigenvalue weighted by Gasteiger charge is 2.34. The number of rotatable bonds is 10. The van der Waals surface area contributed by atoms with Crippen LogP contribution in [0.15, 0.2) is 0 Å². The van der Waals surface area contributed by atoms with Crippen LogP contribution in [-0.4, -0.2) is 16.8 Å². The van der Waals surface area contributed by atoms with E-state index in [0.29, 0.717) is 6.42 Å². The summed E-state index contributed by atoms with van der Waals surface area (Å²) in [6, 6.07) is -2.87. The zero-order chi connectivity index (χ0) is 12.4. The van der Waals surface area contributed by atoms with E-state index in [1.165, 1.54) is 38.5 Å². The molecule has 98 valence electrons. The highest BCUT2D eigenvalue weighted by molar-refractivity contribution is 7.65. The van der Waals surface area contributed by atoms with Gasteiger partial charge in [-0.3, -0.25) is 0 Å². The summed E-state index contributed by atoms with van der Waals surface area (Å²) < 4.78 is 0. The van der Waals surface area contributed by atoms with Crippen LogP contribution in [0.5, 0.6) is 0 Å². The van der Waals surface area contributed by atoms with Crippen LogP contribution in [-0.2, 0) is 0 Å². The van der Waals surface area contributed by atoms with Crippen LogP contribution >= 0.6 is 33.2 Å². The summed E-state index contributed by atoms with van der Waals surface area (Å²) >= 11 is 17.1. The van der Waals surface area contributed by atoms with Gasteiger partial charge in [0.15, 0.2) is 0 Å². The second-order valence-electron chi connectivity index (χ2n) is 4.32. The van der Waals surface area contributed by atoms with Crippen molar-refractivity contribution < 1.29 is 5.11 Å². The molecule has 0 amide bonds. The molecule has 16 heavy (non-hydrogen) atoms. The minimum atomic E-state index is -2.87. The fraction of sp³-hybridized carbons (Fsp3) is 1.00. The minimum absolute atomic E-state index is 0.637. The van der Waals surface area contributed by atoms with E-state index in [9.17, 15) is 5.11 Å². The lowest BCUT2D eigenvalue weighted by molar-refractivity contribution is 0.235. The lowest BCUT2D eigenvalue weighted by Gasteiger charge is -2.15. The summed E-state index contributed by atoms with van der Waals surface area (Å²) in [7, 11) is 0. The molecule has 0 saturated carbocycles. The summed E-state index contributed by atoms with van der Waals surface area (Å²) in [4.78, 5) is 0. The van der Waals surface area contributed by atoms with E-state index in [-0.39, 0.29) is 0 Å². The van der Waals surface area contributed by atoms with Crippen molar-refractivity contribution >= 4 is 39.2 Å². The molecule has 0 rings (SSSR count). The van der Waals surface area contributed by atoms with Crippen LogP contribution in [0.1, 0.15) is 64.7 Å². The van der Waals surface area contributed by atoms with Crippen molar-refractivity contribution in [2.75, 3.05) is 0 Å². The molecular formula is C11H23Cl3OSi. The number of halogens is 3. The largest absolute Gasteiger partial charge is 0.392 e. The van der Waals surface area contributed by atoms with Gasteiger partial charge in [-0.05, 0) is 6.42 Å². The third-order valence-electron chi connectivity index (χ3n) is 2.71. The fourth-order valence-corrected chi connectivity index (χ4v) is 3.15. The van der Waals surface area contributed by atoms with Crippen LogP contribution in [0.25, 0.3) is 0 Å². The Morgan fingerprint density at radius 3 is 1.75 bits per heavy atom. The number of hydrogen-bond acceptors (Lipinski definition) is 1. The Bertz CT molecular complexity index is 162. The third-order valence-corrected chi connectivity index (χ3v) is 6.02. The van der Waals surface area contributed by atoms with Gasteiger partial charge in [-0.15, -0.1) is 33.2 Å². The molecule has 1 atom stereocenters. The molecule has 1 N–H and O–H groups in total. The second kappa shape index (κ2) is 10.0. The molecule has 0 fully saturated rings. The van der Waals surface area contributed by atoms with Gasteiger partial charge in [-0.2, -0.15) is 0 Å². The Labute approximate surface area is 115 Å². The smallest absolute Gasteiger partial charge is 0.368 e. The first-order valence-corrected chi connectivity index (χ1v) is 11.3. The monoisotopic (exact) mass is 304 g/mol. The lowest BCUT2D eigenvalue weighted by Crippen LogP contribution is -2.30. The number of aliphatic hydroxyl groups is 1. The van der Waals surface area contributed by atoms with Crippen LogP contribution in [0.4, 0.5) is 0 Å². The maximum Gasteiger partial charge on any atom is 0.368 e. The molecule has 0 aliphatic rings. The molecule has 0 aliphatic heterocycles. The molecule has 0 spiro atoms. The summed E-state index contributed by atoms with van der Waals surface area (Å²) in [6.45, 7) is 2.22. The molecular weight excluding hydrogens is 283 g/mol. The Hall–Kier alpha value is 1.05. The molecule has 0 aromatic heterocycles. The van der Waals surface area contributed by atoms with E-state index in [0.717, 1.165) is 12.8 Å². The van der Waals surface area contributed by atoms with Crippen molar-refractivity contribution in [2.45, 2.75) is 70.4 Å². The van der Waals surface area contributed by atoms with Gasteiger partial charge in [0, 0.05) is 0 Å². The molecule has 0 radical (unpaired) electrons. The van der Waals surface area contributed by atoms with Gasteiger partial charge in [0.1, 0.15) is 0 Å². The summed E-state index contributed by atoms with van der Waals surface area (Å²) in [5.41, 5.74) is -0.697. The molecule has 1 unspecified atom stereocenters. The number of aliphatic hydroxyl groups excluding tert-OH is 1. The van der Waals surface area contributed by atoms with Gasteiger partial charge in [0.2, 0.25) is 0 Å². The fourth-order valence-electron chi connectivity index (χ4n) is 1.64. The second-order valence-corrected chi connectivity index (χ2v) is 13.2. The first-order valence-electron chi connectivity index (χ1n) is 6.23. The Morgan fingerprint density at radius 2 is 1.31 bits per heavy atom. The van der Waals surface area contributed by atoms with Gasteiger partial charge in [0.05, 0.1) is 5.73 Å². The van der Waals surface area contributed by atoms with Crippen molar-refractivity contribution in [3.63, 3.8) is 0 Å². The van der Waals surface area contributed by atoms with Crippen LogP contribution < -0.4 is 0 Å². The van der Waals surface area contributed by atoms with E-state index >= 15 is 0 Å². The standard InChI is InChI=1S/C11H23Cl3OSi/c1-2-3-4-5-6-7-8-9-10-11(15)16(12,13)14/h11,15H,2-10H2,1H3. The summed E-state index contributed by atoms with van der Waals surface area (Å²) in [5.74, 6) is 0. The Morgan fingerprint density at radius 1 is 0.875 bits per heavy atom. The molecule has 0 aliphatic carbocycles. The van der Waals surface area contributed by atoms with Crippen molar-refractivity contribution in [3.8, 4) is 0 Å². The first kappa shape index (κ1) is 17.0. The molecule has 5 heteroatoms. The first-order chi connectivity index (χ1) is 7.48. The van der Waals surface area contributed by atoms with E-state index in [2.05, 4.69) is 6.92 Å². The molecule has 0 heterocycles. The van der Waals surface area contributed by atoms with E-state index in [1.54, 1.807) is 0 Å². The van der Waals surface area contributed by atoms with Gasteiger partial charge < -0.3 is 5.11 Å². The van der Waals surface area contributed by atoms with E-state index < -0.39 is 11.7 Å². The van der Waals surface area contributed by atoms with Gasteiger partial charge in [-0.25, -0.2) is 0 Å². The average Bonchev–Trinajstić information content (AvgIpc) is 2.20. The number of unbranched alkanes of at least 4 members (excludes halogenated alkanes) is 7. The molecule has 1 nitrogen and oxygen atoms in total. The predicted octanol–water partition coefficient (Wildman–Crippen LogP) is 5.07. The van der Waals surface area contributed by atoms with Crippen molar-refractivity contribution in [1.29, 1.82) is 0 Å². The zero-order valence-corrected chi connectivity index (χ0v) is 13.3. The summed E-state index contributed by atoms with van der Waals surface area (Å²) in [5, 5.41) is 9.52. The molecule has 0 aromatic carbocycles. The van der Waals surface area contributed by atoms with E-state index in [1.807, 2.05) is 0 Å². The third kappa shape index (κ3) is 10.2. The van der Waals surface area contributed by atoms with Crippen molar-refractivity contribution in [1.82, 2.24) is 0 Å². The molecule has 0 aromatic rings. The van der Waals surface area contributed by atoms with Crippen LogP contribution in [0, 0.1) is 0 Å². The quantitative estimate of drug-likeness (QED) is 0.339. The average molecular weight is 306 g/mol. The Balaban J connectivity index is 3.21. The minimum Gasteiger partial charge on any atom is -0.392 e. The maximum absolute atomic E-state index is 9.52. The lowest BCUT2D eigenvalue weighted by atomic mass is 10.1. The highest BCUT2D eigenvalue weighted by atomic mass is 35.8. The Kier molecular flexibility index (Phi) is 10.7. The van der Waals surface area contributed by atoms with Gasteiger partial charge >= 0.3 is 6.00 Å². The highest BCUT2D eigenvalue weighted by Crippen LogP contribution is 2.27. The predicted molar refractivity (Wildman–Crippen MR) is 76.5 cm³/mol.